The predicted molar refractivity (Wildman–Crippen MR) is 73.0 cm³/mol. The molecule has 0 saturated carbocycles. The van der Waals surface area contributed by atoms with E-state index in [0.29, 0.717) is 12.1 Å². The second kappa shape index (κ2) is 5.84. The number of aromatic nitrogens is 2. The van der Waals surface area contributed by atoms with Gasteiger partial charge in [-0.25, -0.2) is 4.52 Å². The van der Waals surface area contributed by atoms with Gasteiger partial charge in [-0.1, -0.05) is 6.07 Å². The topological polar surface area (TPSA) is 63.6 Å². The number of pyridine rings is 1. The van der Waals surface area contributed by atoms with Crippen LogP contribution in [0.4, 0.5) is 0 Å². The van der Waals surface area contributed by atoms with E-state index < -0.39 is 0 Å². The quantitative estimate of drug-likeness (QED) is 0.909. The summed E-state index contributed by atoms with van der Waals surface area (Å²) in [5.41, 5.74) is 6.98. The van der Waals surface area contributed by atoms with Gasteiger partial charge in [0.1, 0.15) is 0 Å². The third-order valence-electron chi connectivity index (χ3n) is 2.98. The maximum Gasteiger partial charge on any atom is 0.257 e. The van der Waals surface area contributed by atoms with Crippen molar-refractivity contribution in [1.29, 1.82) is 0 Å². The average Bonchev–Trinajstić information content (AvgIpc) is 2.79. The molecule has 0 aromatic carbocycles. The Kier molecular flexibility index (Phi) is 4.69. The Bertz CT molecular complexity index is 540. The molecule has 98 valence electrons. The number of fused-ring (bicyclic) bond motifs is 1. The molecule has 1 atom stereocenters. The molecule has 2 aromatic rings. The van der Waals surface area contributed by atoms with Crippen molar-refractivity contribution in [2.75, 3.05) is 13.6 Å². The molecule has 18 heavy (non-hydrogen) atoms. The lowest BCUT2D eigenvalue weighted by atomic mass is 10.2. The lowest BCUT2D eigenvalue weighted by molar-refractivity contribution is 0.0750. The number of likely N-dealkylation sites (N-methyl/N-ethyl adjacent to an activating group) is 1. The third-order valence-corrected chi connectivity index (χ3v) is 2.98. The van der Waals surface area contributed by atoms with Crippen LogP contribution in [-0.2, 0) is 0 Å². The summed E-state index contributed by atoms with van der Waals surface area (Å²) in [6.07, 6.45) is 3.41. The van der Waals surface area contributed by atoms with Crippen molar-refractivity contribution in [2.24, 2.45) is 5.73 Å². The van der Waals surface area contributed by atoms with E-state index in [4.69, 9.17) is 5.73 Å². The molecular formula is C12H17ClN4O. The fourth-order valence-electron chi connectivity index (χ4n) is 1.65. The van der Waals surface area contributed by atoms with E-state index in [1.807, 2.05) is 31.3 Å². The van der Waals surface area contributed by atoms with Crippen molar-refractivity contribution >= 4 is 23.8 Å². The Hall–Kier alpha value is -1.59. The summed E-state index contributed by atoms with van der Waals surface area (Å²) >= 11 is 0. The molecule has 0 aliphatic heterocycles. The molecule has 1 unspecified atom stereocenters. The van der Waals surface area contributed by atoms with Crippen LogP contribution >= 0.6 is 12.4 Å². The van der Waals surface area contributed by atoms with Gasteiger partial charge in [-0.05, 0) is 19.1 Å². The standard InChI is InChI=1S/C12H16N4O.ClH/c1-9(7-13)15(2)12(17)10-8-14-16-6-4-3-5-11(10)16;/h3-6,8-9H,7,13H2,1-2H3;1H. The summed E-state index contributed by atoms with van der Waals surface area (Å²) in [6, 6.07) is 5.66. The first-order valence-electron chi connectivity index (χ1n) is 5.54. The first-order chi connectivity index (χ1) is 8.15. The number of rotatable bonds is 3. The number of hydrogen-bond donors (Lipinski definition) is 1. The Labute approximate surface area is 112 Å². The Morgan fingerprint density at radius 1 is 1.56 bits per heavy atom. The fraction of sp³-hybridized carbons (Fsp3) is 0.333. The summed E-state index contributed by atoms with van der Waals surface area (Å²) in [5.74, 6) is -0.0517. The highest BCUT2D eigenvalue weighted by atomic mass is 35.5. The fourth-order valence-corrected chi connectivity index (χ4v) is 1.65. The van der Waals surface area contributed by atoms with Crippen LogP contribution in [0.1, 0.15) is 17.3 Å². The summed E-state index contributed by atoms with van der Waals surface area (Å²) < 4.78 is 1.69. The van der Waals surface area contributed by atoms with Gasteiger partial charge in [0.15, 0.2) is 0 Å². The number of carbonyl (C=O) groups excluding carboxylic acids is 1. The van der Waals surface area contributed by atoms with Gasteiger partial charge in [0.05, 0.1) is 17.3 Å². The van der Waals surface area contributed by atoms with Gasteiger partial charge in [-0.2, -0.15) is 5.10 Å². The first-order valence-corrected chi connectivity index (χ1v) is 5.54. The molecule has 6 heteroatoms. The Morgan fingerprint density at radius 3 is 2.94 bits per heavy atom. The second-order valence-electron chi connectivity index (χ2n) is 4.09. The summed E-state index contributed by atoms with van der Waals surface area (Å²) in [5, 5.41) is 4.15. The SMILES string of the molecule is CC(CN)N(C)C(=O)c1cnn2ccccc12.Cl. The average molecular weight is 269 g/mol. The Balaban J connectivity index is 0.00000162. The van der Waals surface area contributed by atoms with E-state index in [1.165, 1.54) is 0 Å². The summed E-state index contributed by atoms with van der Waals surface area (Å²) in [6.45, 7) is 2.37. The van der Waals surface area contributed by atoms with Gasteiger partial charge in [0.2, 0.25) is 0 Å². The third kappa shape index (κ3) is 2.47. The minimum atomic E-state index is -0.0517. The molecule has 2 rings (SSSR count). The lowest BCUT2D eigenvalue weighted by Gasteiger charge is -2.23. The number of carbonyl (C=O) groups is 1. The van der Waals surface area contributed by atoms with Crippen LogP contribution in [0, 0.1) is 0 Å². The summed E-state index contributed by atoms with van der Waals surface area (Å²) in [4.78, 5) is 13.9. The molecule has 2 aromatic heterocycles. The zero-order chi connectivity index (χ0) is 12.4. The normalized spacial score (nSPS) is 11.9. The van der Waals surface area contributed by atoms with Crippen molar-refractivity contribution in [2.45, 2.75) is 13.0 Å². The van der Waals surface area contributed by atoms with E-state index >= 15 is 0 Å². The number of nitrogens with two attached hydrogens (primary N) is 1. The molecule has 0 saturated heterocycles. The van der Waals surface area contributed by atoms with E-state index in [1.54, 1.807) is 22.7 Å². The maximum absolute atomic E-state index is 12.2. The zero-order valence-electron chi connectivity index (χ0n) is 10.4. The van der Waals surface area contributed by atoms with E-state index in [-0.39, 0.29) is 24.4 Å². The molecule has 0 radical (unpaired) electrons. The van der Waals surface area contributed by atoms with Crippen LogP contribution in [0.15, 0.2) is 30.6 Å². The molecule has 5 nitrogen and oxygen atoms in total. The number of halogens is 1. The largest absolute Gasteiger partial charge is 0.338 e. The molecule has 0 spiro atoms. The maximum atomic E-state index is 12.2. The van der Waals surface area contributed by atoms with Crippen molar-refractivity contribution in [3.63, 3.8) is 0 Å². The monoisotopic (exact) mass is 268 g/mol. The van der Waals surface area contributed by atoms with Gasteiger partial charge in [0.25, 0.3) is 5.91 Å². The van der Waals surface area contributed by atoms with Crippen LogP contribution in [0.25, 0.3) is 5.52 Å². The van der Waals surface area contributed by atoms with Crippen LogP contribution in [0.2, 0.25) is 0 Å². The molecule has 1 amide bonds. The minimum absolute atomic E-state index is 0. The highest BCUT2D eigenvalue weighted by Gasteiger charge is 2.19. The van der Waals surface area contributed by atoms with Crippen LogP contribution in [0.3, 0.4) is 0 Å². The highest BCUT2D eigenvalue weighted by Crippen LogP contribution is 2.13. The highest BCUT2D eigenvalue weighted by molar-refractivity contribution is 6.00. The smallest absolute Gasteiger partial charge is 0.257 e. The minimum Gasteiger partial charge on any atom is -0.338 e. The van der Waals surface area contributed by atoms with Crippen LogP contribution < -0.4 is 5.73 Å². The molecule has 0 aliphatic rings. The van der Waals surface area contributed by atoms with Crippen LogP contribution in [0.5, 0.6) is 0 Å². The van der Waals surface area contributed by atoms with E-state index in [2.05, 4.69) is 5.10 Å². The first kappa shape index (κ1) is 14.5. The molecule has 2 heterocycles. The van der Waals surface area contributed by atoms with Crippen molar-refractivity contribution in [3.05, 3.63) is 36.2 Å². The van der Waals surface area contributed by atoms with Gasteiger partial charge < -0.3 is 10.6 Å². The number of amides is 1. The van der Waals surface area contributed by atoms with E-state index in [0.717, 1.165) is 5.52 Å². The van der Waals surface area contributed by atoms with Gasteiger partial charge in [0, 0.05) is 25.8 Å². The molecular weight excluding hydrogens is 252 g/mol. The lowest BCUT2D eigenvalue weighted by Crippen LogP contribution is -2.39. The van der Waals surface area contributed by atoms with Crippen molar-refractivity contribution < 1.29 is 4.79 Å². The van der Waals surface area contributed by atoms with Gasteiger partial charge in [-0.3, -0.25) is 4.79 Å². The molecule has 2 N–H and O–H groups in total. The Morgan fingerprint density at radius 2 is 2.28 bits per heavy atom. The number of nitrogens with zero attached hydrogens (tertiary/aromatic N) is 3. The van der Waals surface area contributed by atoms with Gasteiger partial charge in [-0.15, -0.1) is 12.4 Å². The molecule has 0 fully saturated rings. The number of hydrogen-bond acceptors (Lipinski definition) is 3. The van der Waals surface area contributed by atoms with Gasteiger partial charge >= 0.3 is 0 Å². The zero-order valence-corrected chi connectivity index (χ0v) is 11.2. The van der Waals surface area contributed by atoms with Crippen molar-refractivity contribution in [1.82, 2.24) is 14.5 Å². The summed E-state index contributed by atoms with van der Waals surface area (Å²) in [7, 11) is 1.76. The molecule has 0 aliphatic carbocycles. The second-order valence-corrected chi connectivity index (χ2v) is 4.09. The predicted octanol–water partition coefficient (Wildman–Crippen LogP) is 1.18. The van der Waals surface area contributed by atoms with E-state index in [9.17, 15) is 4.79 Å². The molecule has 0 bridgehead atoms. The van der Waals surface area contributed by atoms with Crippen LogP contribution in [-0.4, -0.2) is 40.1 Å². The van der Waals surface area contributed by atoms with Crippen molar-refractivity contribution in [3.8, 4) is 0 Å².